The summed E-state index contributed by atoms with van der Waals surface area (Å²) in [4.78, 5) is 2.22. The number of aliphatic hydroxyl groups is 1. The van der Waals surface area contributed by atoms with Crippen molar-refractivity contribution >= 4 is 0 Å². The number of hydrogen-bond donors (Lipinski definition) is 2. The number of rotatable bonds is 10. The van der Waals surface area contributed by atoms with Gasteiger partial charge < -0.3 is 24.8 Å². The van der Waals surface area contributed by atoms with E-state index >= 15 is 0 Å². The minimum atomic E-state index is -4.36. The Labute approximate surface area is 180 Å². The zero-order valence-corrected chi connectivity index (χ0v) is 17.6. The Morgan fingerprint density at radius 1 is 1.10 bits per heavy atom. The van der Waals surface area contributed by atoms with E-state index in [9.17, 15) is 18.3 Å². The second-order valence-electron chi connectivity index (χ2n) is 7.75. The number of methoxy groups -OCH3 is 1. The van der Waals surface area contributed by atoms with Crippen molar-refractivity contribution in [2.24, 2.45) is 0 Å². The van der Waals surface area contributed by atoms with Crippen LogP contribution in [0.2, 0.25) is 0 Å². The first-order chi connectivity index (χ1) is 14.8. The fourth-order valence-corrected chi connectivity index (χ4v) is 3.64. The highest BCUT2D eigenvalue weighted by Crippen LogP contribution is 2.29. The van der Waals surface area contributed by atoms with Crippen LogP contribution < -0.4 is 14.8 Å². The van der Waals surface area contributed by atoms with Gasteiger partial charge in [-0.3, -0.25) is 0 Å². The van der Waals surface area contributed by atoms with Crippen molar-refractivity contribution in [1.29, 1.82) is 0 Å². The predicted molar refractivity (Wildman–Crippen MR) is 112 cm³/mol. The Balaban J connectivity index is 1.57. The van der Waals surface area contributed by atoms with E-state index in [1.807, 2.05) is 6.07 Å². The van der Waals surface area contributed by atoms with Gasteiger partial charge in [-0.15, -0.1) is 0 Å². The van der Waals surface area contributed by atoms with Crippen LogP contribution >= 0.6 is 0 Å². The lowest BCUT2D eigenvalue weighted by atomic mass is 10.1. The molecule has 1 unspecified atom stereocenters. The van der Waals surface area contributed by atoms with Gasteiger partial charge in [-0.1, -0.05) is 24.3 Å². The average Bonchev–Trinajstić information content (AvgIpc) is 3.25. The zero-order valence-electron chi connectivity index (χ0n) is 17.6. The van der Waals surface area contributed by atoms with Gasteiger partial charge in [0, 0.05) is 31.3 Å². The molecule has 170 valence electrons. The van der Waals surface area contributed by atoms with Crippen molar-refractivity contribution in [3.63, 3.8) is 0 Å². The van der Waals surface area contributed by atoms with Crippen LogP contribution in [-0.2, 0) is 19.3 Å². The number of nitrogens with one attached hydrogen (secondary N) is 1. The van der Waals surface area contributed by atoms with Crippen molar-refractivity contribution in [1.82, 2.24) is 10.2 Å². The molecule has 1 fully saturated rings. The van der Waals surface area contributed by atoms with Crippen molar-refractivity contribution < 1.29 is 27.8 Å². The lowest BCUT2D eigenvalue weighted by Gasteiger charge is -2.20. The number of nitrogens with zero attached hydrogens (tertiary/aromatic N) is 1. The van der Waals surface area contributed by atoms with Gasteiger partial charge in [-0.05, 0) is 43.6 Å². The van der Waals surface area contributed by atoms with Crippen molar-refractivity contribution in [2.75, 3.05) is 33.4 Å². The Kier molecular flexibility index (Phi) is 8.17. The van der Waals surface area contributed by atoms with E-state index < -0.39 is 17.8 Å². The molecule has 1 heterocycles. The maximum atomic E-state index is 12.9. The largest absolute Gasteiger partial charge is 0.497 e. The number of likely N-dealkylation sites (tertiary alicyclic amines) is 1. The molecule has 8 heteroatoms. The highest BCUT2D eigenvalue weighted by Gasteiger charge is 2.30. The average molecular weight is 438 g/mol. The van der Waals surface area contributed by atoms with Gasteiger partial charge in [0.05, 0.1) is 12.7 Å². The summed E-state index contributed by atoms with van der Waals surface area (Å²) in [6, 6.07) is 10.7. The molecule has 1 aliphatic rings. The van der Waals surface area contributed by atoms with Crippen LogP contribution in [0.1, 0.15) is 29.5 Å². The van der Waals surface area contributed by atoms with Crippen molar-refractivity contribution in [3.05, 3.63) is 59.2 Å². The van der Waals surface area contributed by atoms with Gasteiger partial charge in [0.25, 0.3) is 0 Å². The van der Waals surface area contributed by atoms with Gasteiger partial charge >= 0.3 is 6.18 Å². The number of hydrogen-bond acceptors (Lipinski definition) is 5. The van der Waals surface area contributed by atoms with E-state index in [0.717, 1.165) is 43.6 Å². The summed E-state index contributed by atoms with van der Waals surface area (Å²) in [6.45, 7) is 3.42. The molecule has 0 radical (unpaired) electrons. The maximum Gasteiger partial charge on any atom is 0.416 e. The van der Waals surface area contributed by atoms with Crippen LogP contribution in [0.3, 0.4) is 0 Å². The molecule has 0 bridgehead atoms. The first-order valence-electron chi connectivity index (χ1n) is 10.4. The van der Waals surface area contributed by atoms with E-state index in [4.69, 9.17) is 9.47 Å². The fourth-order valence-electron chi connectivity index (χ4n) is 3.64. The van der Waals surface area contributed by atoms with Gasteiger partial charge in [0.15, 0.2) is 0 Å². The van der Waals surface area contributed by atoms with Crippen molar-refractivity contribution in [2.45, 2.75) is 38.2 Å². The van der Waals surface area contributed by atoms with E-state index in [0.29, 0.717) is 30.2 Å². The smallest absolute Gasteiger partial charge is 0.416 e. The maximum absolute atomic E-state index is 12.9. The van der Waals surface area contributed by atoms with Gasteiger partial charge in [-0.25, -0.2) is 0 Å². The number of ether oxygens (including phenoxy) is 2. The first-order valence-corrected chi connectivity index (χ1v) is 10.4. The minimum absolute atomic E-state index is 0.157. The van der Waals surface area contributed by atoms with Crippen LogP contribution in [-0.4, -0.2) is 49.5 Å². The van der Waals surface area contributed by atoms with E-state index in [1.165, 1.54) is 6.07 Å². The monoisotopic (exact) mass is 438 g/mol. The second-order valence-corrected chi connectivity index (χ2v) is 7.75. The molecule has 2 aromatic carbocycles. The van der Waals surface area contributed by atoms with Crippen LogP contribution in [0.5, 0.6) is 11.5 Å². The third kappa shape index (κ3) is 7.12. The first kappa shape index (κ1) is 23.4. The Morgan fingerprint density at radius 2 is 1.87 bits per heavy atom. The number of β-amino-alcohol motifs (C(OH)–C–C–N with tert-alkyl or cyclic N) is 1. The zero-order chi connectivity index (χ0) is 22.3. The molecule has 0 spiro atoms. The lowest BCUT2D eigenvalue weighted by Crippen LogP contribution is -2.33. The third-order valence-electron chi connectivity index (χ3n) is 5.27. The van der Waals surface area contributed by atoms with E-state index in [1.54, 1.807) is 25.3 Å². The lowest BCUT2D eigenvalue weighted by molar-refractivity contribution is -0.137. The van der Waals surface area contributed by atoms with Crippen molar-refractivity contribution in [3.8, 4) is 11.5 Å². The molecule has 0 aliphatic carbocycles. The van der Waals surface area contributed by atoms with Crippen LogP contribution in [0.25, 0.3) is 0 Å². The highest BCUT2D eigenvalue weighted by molar-refractivity contribution is 5.41. The van der Waals surface area contributed by atoms with Gasteiger partial charge in [0.2, 0.25) is 0 Å². The normalized spacial score (nSPS) is 15.8. The Morgan fingerprint density at radius 3 is 2.58 bits per heavy atom. The minimum Gasteiger partial charge on any atom is -0.497 e. The SMILES string of the molecule is COc1ccc(CNCc2cccc(C(F)(F)F)c2)c(OCC(O)CN2CCCC2)c1. The standard InChI is InChI=1S/C23H29F3N2O3/c1-30-21-8-7-18(14-27-13-17-5-4-6-19(11-17)23(24,25)26)22(12-21)31-16-20(29)15-28-9-2-3-10-28/h4-8,11-12,20,27,29H,2-3,9-10,13-16H2,1H3. The predicted octanol–water partition coefficient (Wildman–Crippen LogP) is 3.84. The molecule has 2 aromatic rings. The Bertz CT molecular complexity index is 839. The molecule has 2 N–H and O–H groups in total. The van der Waals surface area contributed by atoms with Crippen LogP contribution in [0.4, 0.5) is 13.2 Å². The molecule has 1 saturated heterocycles. The van der Waals surface area contributed by atoms with E-state index in [-0.39, 0.29) is 13.2 Å². The molecule has 5 nitrogen and oxygen atoms in total. The molecular weight excluding hydrogens is 409 g/mol. The van der Waals surface area contributed by atoms with E-state index in [2.05, 4.69) is 10.2 Å². The molecule has 3 rings (SSSR count). The molecule has 0 saturated carbocycles. The summed E-state index contributed by atoms with van der Waals surface area (Å²) in [7, 11) is 1.56. The molecule has 1 atom stereocenters. The topological polar surface area (TPSA) is 54.0 Å². The van der Waals surface area contributed by atoms with Gasteiger partial charge in [0.1, 0.15) is 24.2 Å². The summed E-state index contributed by atoms with van der Waals surface area (Å²) in [5, 5.41) is 13.5. The number of halogens is 3. The molecule has 1 aliphatic heterocycles. The summed E-state index contributed by atoms with van der Waals surface area (Å²) in [6.07, 6.45) is -2.64. The second kappa shape index (κ2) is 10.8. The Hall–Kier alpha value is -2.29. The number of benzene rings is 2. The number of alkyl halides is 3. The third-order valence-corrected chi connectivity index (χ3v) is 5.27. The summed E-state index contributed by atoms with van der Waals surface area (Å²) >= 11 is 0. The highest BCUT2D eigenvalue weighted by atomic mass is 19.4. The molecule has 0 amide bonds. The number of aliphatic hydroxyl groups excluding tert-OH is 1. The fraction of sp³-hybridized carbons (Fsp3) is 0.478. The molecule has 31 heavy (non-hydrogen) atoms. The molecule has 0 aromatic heterocycles. The quantitative estimate of drug-likeness (QED) is 0.591. The van der Waals surface area contributed by atoms with Crippen LogP contribution in [0.15, 0.2) is 42.5 Å². The summed E-state index contributed by atoms with van der Waals surface area (Å²) < 4.78 is 49.8. The van der Waals surface area contributed by atoms with Gasteiger partial charge in [-0.2, -0.15) is 13.2 Å². The molecular formula is C23H29F3N2O3. The van der Waals surface area contributed by atoms with Crippen LogP contribution in [0, 0.1) is 0 Å². The summed E-state index contributed by atoms with van der Waals surface area (Å²) in [5.41, 5.74) is 0.722. The summed E-state index contributed by atoms with van der Waals surface area (Å²) in [5.74, 6) is 1.21.